The second-order valence-electron chi connectivity index (χ2n) is 3.73. The smallest absolute Gasteiger partial charge is 0.108 e. The molecule has 2 unspecified atom stereocenters. The minimum atomic E-state index is 0. The van der Waals surface area contributed by atoms with E-state index in [-0.39, 0.29) is 30.9 Å². The summed E-state index contributed by atoms with van der Waals surface area (Å²) in [5.74, 6) is 0. The average Bonchev–Trinajstić information content (AvgIpc) is 2.17. The van der Waals surface area contributed by atoms with Crippen LogP contribution in [-0.2, 0) is 0 Å². The van der Waals surface area contributed by atoms with Gasteiger partial charge in [-0.1, -0.05) is 6.42 Å². The van der Waals surface area contributed by atoms with Crippen molar-refractivity contribution in [3.63, 3.8) is 0 Å². The van der Waals surface area contributed by atoms with Gasteiger partial charge in [0.1, 0.15) is 6.04 Å². The van der Waals surface area contributed by atoms with Gasteiger partial charge in [-0.25, -0.2) is 0 Å². The fourth-order valence-corrected chi connectivity index (χ4v) is 2.20. The van der Waals surface area contributed by atoms with Crippen LogP contribution in [0.15, 0.2) is 0 Å². The molecule has 2 aliphatic heterocycles. The molecule has 2 atom stereocenters. The SMILES string of the molecule is Cl.Cl.N#CC1CN2CCCCC2CN1. The third-order valence-corrected chi connectivity index (χ3v) is 2.92. The van der Waals surface area contributed by atoms with Gasteiger partial charge in [-0.2, -0.15) is 5.26 Å². The van der Waals surface area contributed by atoms with E-state index in [9.17, 15) is 0 Å². The van der Waals surface area contributed by atoms with Crippen molar-refractivity contribution < 1.29 is 0 Å². The van der Waals surface area contributed by atoms with E-state index in [1.54, 1.807) is 0 Å². The number of nitrogens with one attached hydrogen (secondary N) is 1. The molecule has 5 heteroatoms. The number of piperazine rings is 1. The molecule has 2 fully saturated rings. The summed E-state index contributed by atoms with van der Waals surface area (Å²) in [6.45, 7) is 3.14. The van der Waals surface area contributed by atoms with Crippen LogP contribution >= 0.6 is 24.8 Å². The van der Waals surface area contributed by atoms with Gasteiger partial charge in [0, 0.05) is 19.1 Å². The van der Waals surface area contributed by atoms with E-state index in [2.05, 4.69) is 16.3 Å². The molecule has 0 amide bonds. The Hall–Kier alpha value is -0.0100. The van der Waals surface area contributed by atoms with Crippen molar-refractivity contribution in [2.24, 2.45) is 0 Å². The van der Waals surface area contributed by atoms with Crippen LogP contribution in [0, 0.1) is 11.3 Å². The van der Waals surface area contributed by atoms with Crippen molar-refractivity contribution in [1.82, 2.24) is 10.2 Å². The molecule has 3 nitrogen and oxygen atoms in total. The molecule has 0 aromatic heterocycles. The minimum Gasteiger partial charge on any atom is -0.299 e. The van der Waals surface area contributed by atoms with Crippen LogP contribution in [0.2, 0.25) is 0 Å². The molecule has 2 rings (SSSR count). The molecule has 14 heavy (non-hydrogen) atoms. The lowest BCUT2D eigenvalue weighted by atomic mass is 9.99. The van der Waals surface area contributed by atoms with E-state index in [4.69, 9.17) is 5.26 Å². The first-order chi connectivity index (χ1) is 5.90. The lowest BCUT2D eigenvalue weighted by molar-refractivity contribution is 0.107. The van der Waals surface area contributed by atoms with Gasteiger partial charge in [0.15, 0.2) is 0 Å². The Morgan fingerprint density at radius 3 is 2.79 bits per heavy atom. The Balaban J connectivity index is 0.000000845. The van der Waals surface area contributed by atoms with E-state index < -0.39 is 0 Å². The number of hydrogen-bond donors (Lipinski definition) is 1. The van der Waals surface area contributed by atoms with Crippen molar-refractivity contribution in [2.45, 2.75) is 31.3 Å². The molecule has 82 valence electrons. The number of rotatable bonds is 0. The topological polar surface area (TPSA) is 39.1 Å². The molecule has 2 aliphatic rings. The highest BCUT2D eigenvalue weighted by Crippen LogP contribution is 2.18. The van der Waals surface area contributed by atoms with Crippen LogP contribution in [-0.4, -0.2) is 36.6 Å². The zero-order valence-electron chi connectivity index (χ0n) is 8.11. The number of nitriles is 1. The lowest BCUT2D eigenvalue weighted by Gasteiger charge is -2.41. The molecule has 2 saturated heterocycles. The van der Waals surface area contributed by atoms with Crippen molar-refractivity contribution >= 4 is 24.8 Å². The highest BCUT2D eigenvalue weighted by molar-refractivity contribution is 5.85. The van der Waals surface area contributed by atoms with Crippen LogP contribution < -0.4 is 5.32 Å². The van der Waals surface area contributed by atoms with Crippen molar-refractivity contribution in [2.75, 3.05) is 19.6 Å². The monoisotopic (exact) mass is 237 g/mol. The number of hydrogen-bond acceptors (Lipinski definition) is 3. The van der Waals surface area contributed by atoms with Gasteiger partial charge in [-0.05, 0) is 19.4 Å². The summed E-state index contributed by atoms with van der Waals surface area (Å²) in [5, 5.41) is 12.0. The first-order valence-electron chi connectivity index (χ1n) is 4.77. The largest absolute Gasteiger partial charge is 0.299 e. The number of fused-ring (bicyclic) bond motifs is 1. The summed E-state index contributed by atoms with van der Waals surface area (Å²) in [6, 6.07) is 3.06. The maximum absolute atomic E-state index is 8.74. The van der Waals surface area contributed by atoms with Crippen LogP contribution in [0.4, 0.5) is 0 Å². The van der Waals surface area contributed by atoms with E-state index in [0.29, 0.717) is 6.04 Å². The lowest BCUT2D eigenvalue weighted by Crippen LogP contribution is -2.57. The van der Waals surface area contributed by atoms with Gasteiger partial charge in [-0.3, -0.25) is 10.2 Å². The summed E-state index contributed by atoms with van der Waals surface area (Å²) < 4.78 is 0. The van der Waals surface area contributed by atoms with E-state index >= 15 is 0 Å². The molecule has 0 radical (unpaired) electrons. The third-order valence-electron chi connectivity index (χ3n) is 2.92. The van der Waals surface area contributed by atoms with Crippen LogP contribution in [0.25, 0.3) is 0 Å². The Kier molecular flexibility index (Phi) is 6.46. The van der Waals surface area contributed by atoms with Crippen molar-refractivity contribution in [1.29, 1.82) is 5.26 Å². The molecule has 2 heterocycles. The summed E-state index contributed by atoms with van der Waals surface area (Å²) in [6.07, 6.45) is 3.99. The minimum absolute atomic E-state index is 0. The Morgan fingerprint density at radius 2 is 2.07 bits per heavy atom. The van der Waals surface area contributed by atoms with Gasteiger partial charge in [0.2, 0.25) is 0 Å². The standard InChI is InChI=1S/C9H15N3.2ClH/c10-5-8-7-12-4-2-1-3-9(12)6-11-8;;/h8-9,11H,1-4,6-7H2;2*1H. The zero-order chi connectivity index (χ0) is 8.39. The zero-order valence-corrected chi connectivity index (χ0v) is 9.74. The quantitative estimate of drug-likeness (QED) is 0.688. The summed E-state index contributed by atoms with van der Waals surface area (Å²) in [5.41, 5.74) is 0. The molecule has 0 aromatic rings. The third kappa shape index (κ3) is 2.99. The van der Waals surface area contributed by atoms with Gasteiger partial charge in [0.05, 0.1) is 6.07 Å². The fourth-order valence-electron chi connectivity index (χ4n) is 2.20. The summed E-state index contributed by atoms with van der Waals surface area (Å²) >= 11 is 0. The highest BCUT2D eigenvalue weighted by Gasteiger charge is 2.29. The summed E-state index contributed by atoms with van der Waals surface area (Å²) in [4.78, 5) is 2.47. The van der Waals surface area contributed by atoms with Gasteiger partial charge >= 0.3 is 0 Å². The van der Waals surface area contributed by atoms with E-state index in [1.807, 2.05) is 0 Å². The molecular weight excluding hydrogens is 221 g/mol. The maximum Gasteiger partial charge on any atom is 0.108 e. The molecule has 0 spiro atoms. The normalized spacial score (nSPS) is 31.6. The highest BCUT2D eigenvalue weighted by atomic mass is 35.5. The molecule has 0 bridgehead atoms. The molecule has 1 N–H and O–H groups in total. The summed E-state index contributed by atoms with van der Waals surface area (Å²) in [7, 11) is 0. The predicted molar refractivity (Wildman–Crippen MR) is 61.1 cm³/mol. The predicted octanol–water partition coefficient (Wildman–Crippen LogP) is 1.18. The second-order valence-corrected chi connectivity index (χ2v) is 3.73. The second kappa shape index (κ2) is 6.47. The number of halogens is 2. The Morgan fingerprint density at radius 1 is 1.29 bits per heavy atom. The van der Waals surface area contributed by atoms with Crippen LogP contribution in [0.3, 0.4) is 0 Å². The Labute approximate surface area is 97.7 Å². The number of piperidine rings is 1. The average molecular weight is 238 g/mol. The maximum atomic E-state index is 8.74. The van der Waals surface area contributed by atoms with Crippen molar-refractivity contribution in [3.8, 4) is 6.07 Å². The van der Waals surface area contributed by atoms with E-state index in [0.717, 1.165) is 13.1 Å². The molecular formula is C9H17Cl2N3. The molecule has 0 saturated carbocycles. The first-order valence-corrected chi connectivity index (χ1v) is 4.77. The fraction of sp³-hybridized carbons (Fsp3) is 0.889. The van der Waals surface area contributed by atoms with E-state index in [1.165, 1.54) is 25.8 Å². The first kappa shape index (κ1) is 14.0. The van der Waals surface area contributed by atoms with Crippen LogP contribution in [0.1, 0.15) is 19.3 Å². The van der Waals surface area contributed by atoms with Crippen molar-refractivity contribution in [3.05, 3.63) is 0 Å². The van der Waals surface area contributed by atoms with Gasteiger partial charge in [0.25, 0.3) is 0 Å². The molecule has 0 aromatic carbocycles. The molecule has 0 aliphatic carbocycles. The van der Waals surface area contributed by atoms with Crippen LogP contribution in [0.5, 0.6) is 0 Å². The van der Waals surface area contributed by atoms with Gasteiger partial charge < -0.3 is 0 Å². The van der Waals surface area contributed by atoms with Gasteiger partial charge in [-0.15, -0.1) is 24.8 Å². The number of nitrogens with zero attached hydrogens (tertiary/aromatic N) is 2. The Bertz CT molecular complexity index is 205.